The molecule has 0 aromatic heterocycles. The van der Waals surface area contributed by atoms with Crippen molar-refractivity contribution < 1.29 is 9.53 Å². The van der Waals surface area contributed by atoms with Crippen molar-refractivity contribution in [2.45, 2.75) is 0 Å². The number of hydrogen-bond donors (Lipinski definition) is 2. The molecule has 0 bridgehead atoms. The van der Waals surface area contributed by atoms with E-state index in [0.717, 1.165) is 12.2 Å². The van der Waals surface area contributed by atoms with Gasteiger partial charge in [0, 0.05) is 13.6 Å². The van der Waals surface area contributed by atoms with E-state index in [9.17, 15) is 4.79 Å². The highest BCUT2D eigenvalue weighted by Gasteiger charge is 2.17. The number of para-hydroxylation sites is 1. The monoisotopic (exact) mass is 192 g/mol. The van der Waals surface area contributed by atoms with Crippen molar-refractivity contribution in [1.82, 2.24) is 5.32 Å². The fourth-order valence-electron chi connectivity index (χ4n) is 1.48. The van der Waals surface area contributed by atoms with Gasteiger partial charge in [-0.15, -0.1) is 0 Å². The summed E-state index contributed by atoms with van der Waals surface area (Å²) in [4.78, 5) is 11.5. The fraction of sp³-hybridized carbons (Fsp3) is 0.300. The van der Waals surface area contributed by atoms with Crippen LogP contribution in [0.5, 0.6) is 5.75 Å². The van der Waals surface area contributed by atoms with Crippen LogP contribution in [0.4, 0.5) is 5.69 Å². The van der Waals surface area contributed by atoms with E-state index in [1.54, 1.807) is 13.1 Å². The van der Waals surface area contributed by atoms with Crippen LogP contribution in [-0.4, -0.2) is 26.1 Å². The summed E-state index contributed by atoms with van der Waals surface area (Å²) in [6.45, 7) is 1.38. The number of amides is 1. The molecule has 4 nitrogen and oxygen atoms in total. The molecule has 0 fully saturated rings. The maximum absolute atomic E-state index is 11.5. The molecule has 1 heterocycles. The minimum absolute atomic E-state index is 0.120. The summed E-state index contributed by atoms with van der Waals surface area (Å²) in [5, 5.41) is 5.76. The molecule has 2 rings (SSSR count). The number of rotatable bonds is 1. The van der Waals surface area contributed by atoms with Crippen LogP contribution >= 0.6 is 0 Å². The minimum atomic E-state index is -0.120. The Morgan fingerprint density at radius 3 is 3.21 bits per heavy atom. The first-order valence-electron chi connectivity index (χ1n) is 4.54. The van der Waals surface area contributed by atoms with E-state index in [0.29, 0.717) is 17.9 Å². The van der Waals surface area contributed by atoms with Crippen LogP contribution in [0.15, 0.2) is 18.2 Å². The van der Waals surface area contributed by atoms with Crippen LogP contribution in [0.25, 0.3) is 0 Å². The largest absolute Gasteiger partial charge is 0.489 e. The maximum Gasteiger partial charge on any atom is 0.254 e. The van der Waals surface area contributed by atoms with Gasteiger partial charge in [-0.05, 0) is 12.1 Å². The lowest BCUT2D eigenvalue weighted by Crippen LogP contribution is -2.23. The zero-order valence-electron chi connectivity index (χ0n) is 7.96. The first-order chi connectivity index (χ1) is 6.83. The maximum atomic E-state index is 11.5. The van der Waals surface area contributed by atoms with E-state index in [1.807, 2.05) is 12.1 Å². The van der Waals surface area contributed by atoms with Crippen LogP contribution in [0.3, 0.4) is 0 Å². The molecular weight excluding hydrogens is 180 g/mol. The number of ether oxygens (including phenoxy) is 1. The van der Waals surface area contributed by atoms with Gasteiger partial charge in [0.05, 0.1) is 11.3 Å². The Hall–Kier alpha value is -1.71. The average molecular weight is 192 g/mol. The van der Waals surface area contributed by atoms with Crippen LogP contribution in [0.2, 0.25) is 0 Å². The molecule has 0 saturated heterocycles. The molecule has 0 aliphatic carbocycles. The summed E-state index contributed by atoms with van der Waals surface area (Å²) < 4.78 is 5.45. The van der Waals surface area contributed by atoms with Gasteiger partial charge in [0.2, 0.25) is 0 Å². The van der Waals surface area contributed by atoms with Crippen molar-refractivity contribution in [1.29, 1.82) is 0 Å². The van der Waals surface area contributed by atoms with Crippen LogP contribution in [0.1, 0.15) is 10.4 Å². The zero-order valence-corrected chi connectivity index (χ0v) is 7.96. The number of benzene rings is 1. The summed E-state index contributed by atoms with van der Waals surface area (Å²) in [5.74, 6) is 0.531. The second-order valence-electron chi connectivity index (χ2n) is 3.04. The SMILES string of the molecule is CNC(=O)c1cccc2c1OCCN2. The molecule has 1 aliphatic heterocycles. The summed E-state index contributed by atoms with van der Waals surface area (Å²) in [5.41, 5.74) is 1.47. The van der Waals surface area contributed by atoms with Gasteiger partial charge in [-0.25, -0.2) is 0 Å². The normalized spacial score (nSPS) is 13.5. The summed E-state index contributed by atoms with van der Waals surface area (Å²) in [6.07, 6.45) is 0. The highest BCUT2D eigenvalue weighted by Crippen LogP contribution is 2.30. The van der Waals surface area contributed by atoms with E-state index in [4.69, 9.17) is 4.74 Å². The van der Waals surface area contributed by atoms with E-state index < -0.39 is 0 Å². The molecular formula is C10H12N2O2. The molecule has 1 amide bonds. The smallest absolute Gasteiger partial charge is 0.254 e. The van der Waals surface area contributed by atoms with Gasteiger partial charge < -0.3 is 15.4 Å². The standard InChI is InChI=1S/C10H12N2O2/c1-11-10(13)7-3-2-4-8-9(7)14-6-5-12-8/h2-4,12H,5-6H2,1H3,(H,11,13). The Balaban J connectivity index is 2.45. The number of nitrogens with one attached hydrogen (secondary N) is 2. The lowest BCUT2D eigenvalue weighted by Gasteiger charge is -2.20. The number of carbonyl (C=O) groups is 1. The molecule has 0 unspecified atom stereocenters. The number of hydrogen-bond acceptors (Lipinski definition) is 3. The highest BCUT2D eigenvalue weighted by atomic mass is 16.5. The predicted molar refractivity (Wildman–Crippen MR) is 53.8 cm³/mol. The molecule has 0 radical (unpaired) electrons. The molecule has 1 aromatic rings. The molecule has 4 heteroatoms. The van der Waals surface area contributed by atoms with Gasteiger partial charge in [-0.2, -0.15) is 0 Å². The highest BCUT2D eigenvalue weighted by molar-refractivity contribution is 5.98. The van der Waals surface area contributed by atoms with Gasteiger partial charge in [0.15, 0.2) is 5.75 Å². The second-order valence-corrected chi connectivity index (χ2v) is 3.04. The first-order valence-corrected chi connectivity index (χ1v) is 4.54. The van der Waals surface area contributed by atoms with E-state index in [2.05, 4.69) is 10.6 Å². The van der Waals surface area contributed by atoms with E-state index >= 15 is 0 Å². The van der Waals surface area contributed by atoms with Crippen LogP contribution in [-0.2, 0) is 0 Å². The number of anilines is 1. The zero-order chi connectivity index (χ0) is 9.97. The lowest BCUT2D eigenvalue weighted by atomic mass is 10.1. The molecule has 1 aromatic carbocycles. The van der Waals surface area contributed by atoms with E-state index in [1.165, 1.54) is 0 Å². The van der Waals surface area contributed by atoms with Gasteiger partial charge in [0.1, 0.15) is 6.61 Å². The molecule has 1 aliphatic rings. The van der Waals surface area contributed by atoms with Gasteiger partial charge in [0.25, 0.3) is 5.91 Å². The number of carbonyl (C=O) groups excluding carboxylic acids is 1. The number of fused-ring (bicyclic) bond motifs is 1. The van der Waals surface area contributed by atoms with Crippen LogP contribution in [0, 0.1) is 0 Å². The predicted octanol–water partition coefficient (Wildman–Crippen LogP) is 0.850. The van der Waals surface area contributed by atoms with Gasteiger partial charge >= 0.3 is 0 Å². The van der Waals surface area contributed by atoms with E-state index in [-0.39, 0.29) is 5.91 Å². The molecule has 2 N–H and O–H groups in total. The summed E-state index contributed by atoms with van der Waals surface area (Å²) in [7, 11) is 1.61. The topological polar surface area (TPSA) is 50.4 Å². The summed E-state index contributed by atoms with van der Waals surface area (Å²) >= 11 is 0. The molecule has 0 saturated carbocycles. The third-order valence-corrected chi connectivity index (χ3v) is 2.15. The Labute approximate surface area is 82.3 Å². The Kier molecular flexibility index (Phi) is 2.26. The fourth-order valence-corrected chi connectivity index (χ4v) is 1.48. The average Bonchev–Trinajstić information content (AvgIpc) is 2.27. The Morgan fingerprint density at radius 1 is 1.57 bits per heavy atom. The third-order valence-electron chi connectivity index (χ3n) is 2.15. The van der Waals surface area contributed by atoms with Crippen molar-refractivity contribution in [2.24, 2.45) is 0 Å². The lowest BCUT2D eigenvalue weighted by molar-refractivity contribution is 0.0959. The van der Waals surface area contributed by atoms with Crippen molar-refractivity contribution in [3.63, 3.8) is 0 Å². The quantitative estimate of drug-likeness (QED) is 0.693. The van der Waals surface area contributed by atoms with Crippen molar-refractivity contribution in [3.05, 3.63) is 23.8 Å². The van der Waals surface area contributed by atoms with Gasteiger partial charge in [-0.1, -0.05) is 6.07 Å². The third kappa shape index (κ3) is 1.39. The Morgan fingerprint density at radius 2 is 2.43 bits per heavy atom. The molecule has 0 spiro atoms. The van der Waals surface area contributed by atoms with Crippen LogP contribution < -0.4 is 15.4 Å². The van der Waals surface area contributed by atoms with Crippen molar-refractivity contribution in [2.75, 3.05) is 25.5 Å². The van der Waals surface area contributed by atoms with Crippen molar-refractivity contribution >= 4 is 11.6 Å². The Bertz CT molecular complexity index is 363. The van der Waals surface area contributed by atoms with Crippen molar-refractivity contribution in [3.8, 4) is 5.75 Å². The molecule has 74 valence electrons. The van der Waals surface area contributed by atoms with Gasteiger partial charge in [-0.3, -0.25) is 4.79 Å². The molecule has 14 heavy (non-hydrogen) atoms. The molecule has 0 atom stereocenters. The second kappa shape index (κ2) is 3.57. The minimum Gasteiger partial charge on any atom is -0.489 e. The summed E-state index contributed by atoms with van der Waals surface area (Å²) in [6, 6.07) is 5.50. The first kappa shape index (κ1) is 8.87.